The molecule has 0 bridgehead atoms. The summed E-state index contributed by atoms with van der Waals surface area (Å²) in [7, 11) is 0. The Morgan fingerprint density at radius 1 is 0.889 bits per heavy atom. The number of rotatable bonds is 2. The fourth-order valence-electron chi connectivity index (χ4n) is 1.58. The zero-order chi connectivity index (χ0) is 12.4. The molecule has 0 atom stereocenters. The van der Waals surface area contributed by atoms with Crippen LogP contribution in [0.1, 0.15) is 0 Å². The second-order valence-electron chi connectivity index (χ2n) is 3.59. The summed E-state index contributed by atoms with van der Waals surface area (Å²) in [5.74, 6) is 0.223. The second-order valence-corrected chi connectivity index (χ2v) is 3.59. The van der Waals surface area contributed by atoms with Crippen LogP contribution < -0.4 is 5.73 Å². The molecule has 0 saturated heterocycles. The van der Waals surface area contributed by atoms with Gasteiger partial charge in [-0.05, 0) is 18.2 Å². The van der Waals surface area contributed by atoms with Crippen LogP contribution in [-0.4, -0.2) is 20.1 Å². The van der Waals surface area contributed by atoms with Crippen LogP contribution >= 0.6 is 0 Å². The van der Waals surface area contributed by atoms with Crippen molar-refractivity contribution < 1.29 is 4.52 Å². The summed E-state index contributed by atoms with van der Waals surface area (Å²) in [6, 6.07) is 9.09. The molecule has 6 nitrogen and oxygen atoms in total. The zero-order valence-electron chi connectivity index (χ0n) is 9.32. The Bertz CT molecular complexity index is 666. The molecular weight excluding hydrogens is 230 g/mol. The van der Waals surface area contributed by atoms with Crippen molar-refractivity contribution in [2.45, 2.75) is 0 Å². The molecule has 0 aromatic carbocycles. The highest BCUT2D eigenvalue weighted by molar-refractivity contribution is 5.61. The molecule has 3 aromatic heterocycles. The van der Waals surface area contributed by atoms with Gasteiger partial charge in [0.1, 0.15) is 12.0 Å². The minimum atomic E-state index is 0.223. The van der Waals surface area contributed by atoms with E-state index in [9.17, 15) is 0 Å². The van der Waals surface area contributed by atoms with Gasteiger partial charge in [0.25, 0.3) is 0 Å². The summed E-state index contributed by atoms with van der Waals surface area (Å²) in [4.78, 5) is 12.4. The van der Waals surface area contributed by atoms with Crippen molar-refractivity contribution in [3.05, 3.63) is 42.8 Å². The van der Waals surface area contributed by atoms with Gasteiger partial charge in [-0.25, -0.2) is 15.0 Å². The van der Waals surface area contributed by atoms with Crippen LogP contribution in [0.4, 0.5) is 5.95 Å². The van der Waals surface area contributed by atoms with E-state index in [1.54, 1.807) is 18.3 Å². The van der Waals surface area contributed by atoms with Gasteiger partial charge >= 0.3 is 0 Å². The summed E-state index contributed by atoms with van der Waals surface area (Å²) in [6.07, 6.45) is 3.11. The van der Waals surface area contributed by atoms with Crippen molar-refractivity contribution in [3.63, 3.8) is 0 Å². The minimum absolute atomic E-state index is 0.223. The van der Waals surface area contributed by atoms with E-state index in [1.165, 1.54) is 6.26 Å². The van der Waals surface area contributed by atoms with E-state index in [1.807, 2.05) is 18.2 Å². The van der Waals surface area contributed by atoms with E-state index >= 15 is 0 Å². The average Bonchev–Trinajstić information content (AvgIpc) is 2.93. The molecule has 3 rings (SSSR count). The Morgan fingerprint density at radius 3 is 2.39 bits per heavy atom. The SMILES string of the molecule is Nc1nccc(-c2cccc(-c3ccon3)n2)n1. The minimum Gasteiger partial charge on any atom is -0.368 e. The third-order valence-corrected chi connectivity index (χ3v) is 2.39. The van der Waals surface area contributed by atoms with E-state index in [4.69, 9.17) is 10.3 Å². The maximum absolute atomic E-state index is 5.55. The second kappa shape index (κ2) is 4.25. The zero-order valence-corrected chi connectivity index (χ0v) is 9.32. The van der Waals surface area contributed by atoms with E-state index in [0.29, 0.717) is 17.1 Å². The Morgan fingerprint density at radius 2 is 1.67 bits per heavy atom. The molecule has 0 aliphatic heterocycles. The average molecular weight is 239 g/mol. The number of pyridine rings is 1. The Hall–Kier alpha value is -2.76. The van der Waals surface area contributed by atoms with Gasteiger partial charge in [-0.15, -0.1) is 0 Å². The first-order chi connectivity index (χ1) is 8.83. The summed E-state index contributed by atoms with van der Waals surface area (Å²) < 4.78 is 4.80. The van der Waals surface area contributed by atoms with Gasteiger partial charge in [0.05, 0.1) is 17.1 Å². The Kier molecular flexibility index (Phi) is 2.45. The predicted octanol–water partition coefficient (Wildman–Crippen LogP) is 1.78. The molecule has 0 aliphatic carbocycles. The first-order valence-corrected chi connectivity index (χ1v) is 5.29. The predicted molar refractivity (Wildman–Crippen MR) is 65.2 cm³/mol. The van der Waals surface area contributed by atoms with Crippen LogP contribution in [0.5, 0.6) is 0 Å². The summed E-state index contributed by atoms with van der Waals surface area (Å²) in [5, 5.41) is 3.84. The van der Waals surface area contributed by atoms with Crippen molar-refractivity contribution in [2.75, 3.05) is 5.73 Å². The smallest absolute Gasteiger partial charge is 0.220 e. The molecule has 0 spiro atoms. The Balaban J connectivity index is 2.06. The van der Waals surface area contributed by atoms with Crippen LogP contribution in [0.2, 0.25) is 0 Å². The number of nitrogen functional groups attached to an aromatic ring is 1. The highest BCUT2D eigenvalue weighted by Gasteiger charge is 2.06. The molecule has 3 aromatic rings. The molecular formula is C12H9N5O. The lowest BCUT2D eigenvalue weighted by atomic mass is 10.2. The fraction of sp³-hybridized carbons (Fsp3) is 0. The normalized spacial score (nSPS) is 10.4. The van der Waals surface area contributed by atoms with Crippen LogP contribution in [0, 0.1) is 0 Å². The third-order valence-electron chi connectivity index (χ3n) is 2.39. The molecule has 6 heteroatoms. The lowest BCUT2D eigenvalue weighted by Gasteiger charge is -2.02. The van der Waals surface area contributed by atoms with Crippen LogP contribution in [0.25, 0.3) is 22.8 Å². The molecule has 0 amide bonds. The molecule has 18 heavy (non-hydrogen) atoms. The summed E-state index contributed by atoms with van der Waals surface area (Å²) in [6.45, 7) is 0. The van der Waals surface area contributed by atoms with Gasteiger partial charge in [-0.1, -0.05) is 11.2 Å². The van der Waals surface area contributed by atoms with Gasteiger partial charge in [0.2, 0.25) is 5.95 Å². The molecule has 88 valence electrons. The van der Waals surface area contributed by atoms with Crippen LogP contribution in [0.3, 0.4) is 0 Å². The molecule has 0 unspecified atom stereocenters. The lowest BCUT2D eigenvalue weighted by Crippen LogP contribution is -1.96. The monoisotopic (exact) mass is 239 g/mol. The van der Waals surface area contributed by atoms with E-state index in [2.05, 4.69) is 20.1 Å². The molecule has 0 fully saturated rings. The summed E-state index contributed by atoms with van der Waals surface area (Å²) in [5.41, 5.74) is 8.34. The number of nitrogens with two attached hydrogens (primary N) is 1. The van der Waals surface area contributed by atoms with Gasteiger partial charge < -0.3 is 10.3 Å². The van der Waals surface area contributed by atoms with E-state index < -0.39 is 0 Å². The van der Waals surface area contributed by atoms with E-state index in [-0.39, 0.29) is 5.95 Å². The van der Waals surface area contributed by atoms with Gasteiger partial charge in [-0.2, -0.15) is 0 Å². The van der Waals surface area contributed by atoms with Crippen molar-refractivity contribution >= 4 is 5.95 Å². The van der Waals surface area contributed by atoms with E-state index in [0.717, 1.165) is 5.69 Å². The number of anilines is 1. The molecule has 0 saturated carbocycles. The van der Waals surface area contributed by atoms with Crippen LogP contribution in [0.15, 0.2) is 47.3 Å². The topological polar surface area (TPSA) is 90.7 Å². The molecule has 0 radical (unpaired) electrons. The lowest BCUT2D eigenvalue weighted by molar-refractivity contribution is 0.422. The maximum atomic E-state index is 5.55. The van der Waals surface area contributed by atoms with Crippen molar-refractivity contribution in [1.82, 2.24) is 20.1 Å². The van der Waals surface area contributed by atoms with Crippen molar-refractivity contribution in [2.24, 2.45) is 0 Å². The molecule has 3 heterocycles. The van der Waals surface area contributed by atoms with Crippen molar-refractivity contribution in [3.8, 4) is 22.8 Å². The number of hydrogen-bond donors (Lipinski definition) is 1. The Labute approximate surface area is 103 Å². The molecule has 0 aliphatic rings. The standard InChI is InChI=1S/C12H9N5O/c13-12-14-6-4-10(16-12)8-2-1-3-9(15-8)11-5-7-18-17-11/h1-7H,(H2,13,14,16). The highest BCUT2D eigenvalue weighted by atomic mass is 16.5. The summed E-state index contributed by atoms with van der Waals surface area (Å²) >= 11 is 0. The maximum Gasteiger partial charge on any atom is 0.220 e. The van der Waals surface area contributed by atoms with Gasteiger partial charge in [-0.3, -0.25) is 0 Å². The van der Waals surface area contributed by atoms with Gasteiger partial charge in [0, 0.05) is 12.3 Å². The first-order valence-electron chi connectivity index (χ1n) is 5.29. The molecule has 2 N–H and O–H groups in total. The quantitative estimate of drug-likeness (QED) is 0.732. The largest absolute Gasteiger partial charge is 0.368 e. The van der Waals surface area contributed by atoms with Crippen LogP contribution in [-0.2, 0) is 0 Å². The van der Waals surface area contributed by atoms with Gasteiger partial charge in [0.15, 0.2) is 0 Å². The number of aromatic nitrogens is 4. The fourth-order valence-corrected chi connectivity index (χ4v) is 1.58. The highest BCUT2D eigenvalue weighted by Crippen LogP contribution is 2.20. The third kappa shape index (κ3) is 1.91. The van der Waals surface area contributed by atoms with Crippen molar-refractivity contribution in [1.29, 1.82) is 0 Å². The number of nitrogens with zero attached hydrogens (tertiary/aromatic N) is 4. The number of hydrogen-bond acceptors (Lipinski definition) is 6. The first kappa shape index (κ1) is 10.4.